The Morgan fingerprint density at radius 2 is 1.71 bits per heavy atom. The van der Waals surface area contributed by atoms with Crippen molar-refractivity contribution in [2.24, 2.45) is 0 Å². The minimum absolute atomic E-state index is 0.182. The van der Waals surface area contributed by atoms with E-state index in [0.29, 0.717) is 30.2 Å². The molecule has 31 heavy (non-hydrogen) atoms. The van der Waals surface area contributed by atoms with Gasteiger partial charge >= 0.3 is 0 Å². The summed E-state index contributed by atoms with van der Waals surface area (Å²) in [6, 6.07) is 23.3. The van der Waals surface area contributed by atoms with Crippen molar-refractivity contribution in [1.29, 1.82) is 0 Å². The van der Waals surface area contributed by atoms with E-state index in [0.717, 1.165) is 33.0 Å². The second-order valence-corrected chi connectivity index (χ2v) is 7.85. The van der Waals surface area contributed by atoms with Crippen LogP contribution < -0.4 is 5.32 Å². The van der Waals surface area contributed by atoms with Crippen LogP contribution in [0.1, 0.15) is 21.6 Å². The second-order valence-electron chi connectivity index (χ2n) is 7.41. The first kappa shape index (κ1) is 19.4. The summed E-state index contributed by atoms with van der Waals surface area (Å²) in [6.07, 6.45) is 2.44. The molecule has 2 heterocycles. The molecular formula is C25H20ClN3O2. The van der Waals surface area contributed by atoms with Crippen LogP contribution in [0.3, 0.4) is 0 Å². The fourth-order valence-corrected chi connectivity index (χ4v) is 3.93. The monoisotopic (exact) mass is 429 g/mol. The van der Waals surface area contributed by atoms with Gasteiger partial charge in [0.1, 0.15) is 5.58 Å². The van der Waals surface area contributed by atoms with E-state index < -0.39 is 0 Å². The molecule has 0 aliphatic carbocycles. The normalized spacial score (nSPS) is 11.3. The van der Waals surface area contributed by atoms with Crippen LogP contribution in [0.2, 0.25) is 5.02 Å². The largest absolute Gasteiger partial charge is 0.464 e. The van der Waals surface area contributed by atoms with E-state index in [-0.39, 0.29) is 5.91 Å². The van der Waals surface area contributed by atoms with Crippen molar-refractivity contribution in [1.82, 2.24) is 15.1 Å². The van der Waals surface area contributed by atoms with Crippen molar-refractivity contribution in [3.8, 4) is 0 Å². The summed E-state index contributed by atoms with van der Waals surface area (Å²) in [5, 5.41) is 10.2. The first-order valence-corrected chi connectivity index (χ1v) is 10.5. The molecule has 0 spiro atoms. The first-order chi connectivity index (χ1) is 15.2. The molecule has 1 N–H and O–H groups in total. The number of fused-ring (bicyclic) bond motifs is 2. The summed E-state index contributed by atoms with van der Waals surface area (Å²) in [6.45, 7) is 1.06. The van der Waals surface area contributed by atoms with E-state index in [1.807, 2.05) is 77.5 Å². The van der Waals surface area contributed by atoms with Crippen LogP contribution in [0.4, 0.5) is 0 Å². The first-order valence-electron chi connectivity index (χ1n) is 10.1. The zero-order valence-corrected chi connectivity index (χ0v) is 17.5. The van der Waals surface area contributed by atoms with Crippen LogP contribution in [0.5, 0.6) is 0 Å². The maximum Gasteiger partial charge on any atom is 0.272 e. The van der Waals surface area contributed by atoms with E-state index in [9.17, 15) is 4.79 Å². The third kappa shape index (κ3) is 3.92. The molecule has 0 fully saturated rings. The van der Waals surface area contributed by atoms with E-state index >= 15 is 0 Å². The number of carbonyl (C=O) groups excluding carboxylic acids is 1. The number of rotatable bonds is 6. The van der Waals surface area contributed by atoms with Crippen LogP contribution in [-0.4, -0.2) is 22.2 Å². The highest BCUT2D eigenvalue weighted by molar-refractivity contribution is 6.30. The SMILES string of the molecule is O=C(NCCc1coc2ccccc12)c1nn(Cc2ccc(Cl)cc2)c2ccccc12. The Hall–Kier alpha value is -3.57. The predicted molar refractivity (Wildman–Crippen MR) is 123 cm³/mol. The Morgan fingerprint density at radius 3 is 2.55 bits per heavy atom. The van der Waals surface area contributed by atoms with Crippen LogP contribution in [-0.2, 0) is 13.0 Å². The fraction of sp³-hybridized carbons (Fsp3) is 0.120. The number of carbonyl (C=O) groups is 1. The zero-order chi connectivity index (χ0) is 21.2. The van der Waals surface area contributed by atoms with Crippen molar-refractivity contribution < 1.29 is 9.21 Å². The Bertz CT molecular complexity index is 1370. The molecule has 0 atom stereocenters. The third-order valence-corrected chi connectivity index (χ3v) is 5.61. The maximum atomic E-state index is 12.9. The van der Waals surface area contributed by atoms with Crippen molar-refractivity contribution >= 4 is 39.4 Å². The molecule has 6 heteroatoms. The van der Waals surface area contributed by atoms with Gasteiger partial charge in [-0.25, -0.2) is 0 Å². The quantitative estimate of drug-likeness (QED) is 0.390. The molecule has 0 bridgehead atoms. The summed E-state index contributed by atoms with van der Waals surface area (Å²) in [7, 11) is 0. The van der Waals surface area contributed by atoms with Gasteiger partial charge in [0.25, 0.3) is 5.91 Å². The molecule has 5 nitrogen and oxygen atoms in total. The van der Waals surface area contributed by atoms with Crippen LogP contribution >= 0.6 is 11.6 Å². The van der Waals surface area contributed by atoms with Gasteiger partial charge in [0.15, 0.2) is 5.69 Å². The summed E-state index contributed by atoms with van der Waals surface area (Å²) in [5.41, 5.74) is 4.35. The molecule has 5 aromatic rings. The van der Waals surface area contributed by atoms with E-state index in [1.54, 1.807) is 6.26 Å². The van der Waals surface area contributed by atoms with Crippen LogP contribution in [0.15, 0.2) is 83.5 Å². The molecule has 0 radical (unpaired) electrons. The maximum absolute atomic E-state index is 12.9. The summed E-state index contributed by atoms with van der Waals surface area (Å²) < 4.78 is 7.44. The Balaban J connectivity index is 1.34. The number of halogens is 1. The van der Waals surface area contributed by atoms with Gasteiger partial charge in [-0.15, -0.1) is 0 Å². The Morgan fingerprint density at radius 1 is 0.968 bits per heavy atom. The standard InChI is InChI=1S/C25H20ClN3O2/c26-19-11-9-17(10-12-19)15-29-22-7-3-1-6-21(22)24(28-29)25(30)27-14-13-18-16-31-23-8-4-2-5-20(18)23/h1-12,16H,13-15H2,(H,27,30). The number of para-hydroxylation sites is 2. The highest BCUT2D eigenvalue weighted by Crippen LogP contribution is 2.22. The minimum atomic E-state index is -0.182. The predicted octanol–water partition coefficient (Wildman–Crippen LogP) is 5.46. The van der Waals surface area contributed by atoms with Gasteiger partial charge in [0.05, 0.1) is 18.3 Å². The zero-order valence-electron chi connectivity index (χ0n) is 16.7. The number of aromatic nitrogens is 2. The molecule has 0 aliphatic heterocycles. The number of amides is 1. The number of furan rings is 1. The topological polar surface area (TPSA) is 60.1 Å². The molecule has 0 unspecified atom stereocenters. The molecule has 0 aliphatic rings. The van der Waals surface area contributed by atoms with Gasteiger partial charge in [-0.2, -0.15) is 5.10 Å². The summed E-state index contributed by atoms with van der Waals surface area (Å²) >= 11 is 5.99. The van der Waals surface area contributed by atoms with Crippen LogP contribution in [0, 0.1) is 0 Å². The van der Waals surface area contributed by atoms with E-state index in [2.05, 4.69) is 10.4 Å². The van der Waals surface area contributed by atoms with Gasteiger partial charge < -0.3 is 9.73 Å². The lowest BCUT2D eigenvalue weighted by molar-refractivity contribution is 0.0950. The number of benzene rings is 3. The van der Waals surface area contributed by atoms with E-state index in [4.69, 9.17) is 16.0 Å². The van der Waals surface area contributed by atoms with Gasteiger partial charge in [0, 0.05) is 22.3 Å². The Labute approximate surface area is 184 Å². The van der Waals surface area contributed by atoms with Crippen LogP contribution in [0.25, 0.3) is 21.9 Å². The number of nitrogens with one attached hydrogen (secondary N) is 1. The van der Waals surface area contributed by atoms with Gasteiger partial charge in [-0.3, -0.25) is 9.48 Å². The van der Waals surface area contributed by atoms with Gasteiger partial charge in [-0.05, 0) is 41.8 Å². The van der Waals surface area contributed by atoms with Crippen molar-refractivity contribution in [2.75, 3.05) is 6.54 Å². The van der Waals surface area contributed by atoms with Crippen molar-refractivity contribution in [3.05, 3.63) is 101 Å². The number of hydrogen-bond acceptors (Lipinski definition) is 3. The van der Waals surface area contributed by atoms with Gasteiger partial charge in [-0.1, -0.05) is 60.1 Å². The lowest BCUT2D eigenvalue weighted by Crippen LogP contribution is -2.26. The summed E-state index contributed by atoms with van der Waals surface area (Å²) in [4.78, 5) is 12.9. The fourth-order valence-electron chi connectivity index (χ4n) is 3.80. The third-order valence-electron chi connectivity index (χ3n) is 5.36. The van der Waals surface area contributed by atoms with E-state index in [1.165, 1.54) is 0 Å². The molecule has 0 saturated carbocycles. The average molecular weight is 430 g/mol. The Kier molecular flexibility index (Phi) is 5.18. The number of nitrogens with zero attached hydrogens (tertiary/aromatic N) is 2. The molecule has 0 saturated heterocycles. The average Bonchev–Trinajstić information content (AvgIpc) is 3.37. The molecule has 154 valence electrons. The second kappa shape index (κ2) is 8.28. The van der Waals surface area contributed by atoms with Gasteiger partial charge in [0.2, 0.25) is 0 Å². The molecule has 1 amide bonds. The molecule has 5 rings (SSSR count). The molecular weight excluding hydrogens is 410 g/mol. The lowest BCUT2D eigenvalue weighted by Gasteiger charge is -2.04. The molecule has 3 aromatic carbocycles. The highest BCUT2D eigenvalue weighted by Gasteiger charge is 2.17. The highest BCUT2D eigenvalue weighted by atomic mass is 35.5. The van der Waals surface area contributed by atoms with Crippen molar-refractivity contribution in [2.45, 2.75) is 13.0 Å². The lowest BCUT2D eigenvalue weighted by atomic mass is 10.1. The molecule has 2 aromatic heterocycles. The van der Waals surface area contributed by atoms with Crippen molar-refractivity contribution in [3.63, 3.8) is 0 Å². The number of hydrogen-bond donors (Lipinski definition) is 1. The smallest absolute Gasteiger partial charge is 0.272 e. The minimum Gasteiger partial charge on any atom is -0.464 e. The summed E-state index contributed by atoms with van der Waals surface area (Å²) in [5.74, 6) is -0.182.